The van der Waals surface area contributed by atoms with Gasteiger partial charge in [-0.05, 0) is 80.1 Å². The molecule has 5 aromatic carbocycles. The van der Waals surface area contributed by atoms with Crippen molar-refractivity contribution in [1.29, 1.82) is 0 Å². The highest BCUT2D eigenvalue weighted by Gasteiger charge is 2.16. The van der Waals surface area contributed by atoms with E-state index >= 15 is 0 Å². The van der Waals surface area contributed by atoms with Crippen molar-refractivity contribution in [1.82, 2.24) is 4.98 Å². The molecule has 0 amide bonds. The van der Waals surface area contributed by atoms with E-state index < -0.39 is 0 Å². The predicted octanol–water partition coefficient (Wildman–Crippen LogP) is 13.9. The van der Waals surface area contributed by atoms with Crippen LogP contribution in [0.4, 0.5) is 0 Å². The van der Waals surface area contributed by atoms with E-state index in [4.69, 9.17) is 9.47 Å². The molecule has 50 heavy (non-hydrogen) atoms. The summed E-state index contributed by atoms with van der Waals surface area (Å²) in [4.78, 5) is 3.27. The van der Waals surface area contributed by atoms with Crippen LogP contribution in [-0.2, 0) is 0 Å². The van der Waals surface area contributed by atoms with Crippen LogP contribution >= 0.6 is 11.3 Å². The molecule has 0 atom stereocenters. The van der Waals surface area contributed by atoms with E-state index in [-0.39, 0.29) is 0 Å². The van der Waals surface area contributed by atoms with Crippen molar-refractivity contribution >= 4 is 43.1 Å². The molecule has 0 bridgehead atoms. The van der Waals surface area contributed by atoms with Gasteiger partial charge in [0.05, 0.1) is 0 Å². The van der Waals surface area contributed by atoms with E-state index in [9.17, 15) is 0 Å². The molecule has 0 spiro atoms. The van der Waals surface area contributed by atoms with Crippen LogP contribution in [-0.4, -0.2) is 18.2 Å². The lowest BCUT2D eigenvalue weighted by atomic mass is 9.99. The van der Waals surface area contributed by atoms with Gasteiger partial charge in [0.1, 0.15) is 13.2 Å². The second-order valence-corrected chi connectivity index (χ2v) is 15.0. The van der Waals surface area contributed by atoms with Gasteiger partial charge in [-0.3, -0.25) is 0 Å². The molecule has 4 heteroatoms. The average molecular weight is 684 g/mol. The Hall–Kier alpha value is -4.54. The summed E-state index contributed by atoms with van der Waals surface area (Å²) in [6.07, 6.45) is 2.11. The summed E-state index contributed by atoms with van der Waals surface area (Å²) in [5, 5.41) is 7.72. The number of para-hydroxylation sites is 2. The summed E-state index contributed by atoms with van der Waals surface area (Å²) in [5.41, 5.74) is 6.78. The van der Waals surface area contributed by atoms with Crippen molar-refractivity contribution in [2.75, 3.05) is 13.2 Å². The molecule has 0 radical (unpaired) electrons. The zero-order valence-electron chi connectivity index (χ0n) is 31.0. The highest BCUT2D eigenvalue weighted by atomic mass is 32.1. The molecule has 3 heterocycles. The Morgan fingerprint density at radius 2 is 1.18 bits per heavy atom. The van der Waals surface area contributed by atoms with E-state index in [1.807, 2.05) is 23.5 Å². The zero-order chi connectivity index (χ0) is 35.6. The first-order valence-electron chi connectivity index (χ1n) is 18.0. The molecule has 7 aromatic rings. The molecule has 1 aliphatic rings. The van der Waals surface area contributed by atoms with Crippen molar-refractivity contribution in [3.63, 3.8) is 0 Å². The van der Waals surface area contributed by atoms with Gasteiger partial charge in [0, 0.05) is 27.4 Å². The van der Waals surface area contributed by atoms with Crippen molar-refractivity contribution in [2.24, 2.45) is 0 Å². The minimum Gasteiger partial charge on any atom is -0.486 e. The van der Waals surface area contributed by atoms with Gasteiger partial charge < -0.3 is 14.5 Å². The SMILES string of the molecule is CC(C)c1c[nH]c2ccccc12.CC(C)c1ccc2ccccc2c1.CC(C)c1cccc2c1OCCO2.CC(C)c1csc2ccccc12. The molecule has 0 aliphatic carbocycles. The van der Waals surface area contributed by atoms with Crippen LogP contribution in [0, 0.1) is 0 Å². The van der Waals surface area contributed by atoms with Gasteiger partial charge in [0.15, 0.2) is 11.5 Å². The first-order chi connectivity index (χ1) is 24.1. The lowest BCUT2D eigenvalue weighted by Crippen LogP contribution is -2.16. The minimum atomic E-state index is 0.483. The number of hydrogen-bond donors (Lipinski definition) is 1. The third-order valence-corrected chi connectivity index (χ3v) is 10.0. The van der Waals surface area contributed by atoms with Crippen LogP contribution in [0.25, 0.3) is 31.8 Å². The number of nitrogens with one attached hydrogen (secondary N) is 1. The van der Waals surface area contributed by atoms with Crippen molar-refractivity contribution in [3.05, 3.63) is 143 Å². The van der Waals surface area contributed by atoms with Crippen LogP contribution in [0.5, 0.6) is 11.5 Å². The fourth-order valence-electron chi connectivity index (χ4n) is 6.13. The molecule has 3 nitrogen and oxygen atoms in total. The number of H-pyrrole nitrogens is 1. The Morgan fingerprint density at radius 3 is 1.90 bits per heavy atom. The number of rotatable bonds is 4. The van der Waals surface area contributed by atoms with E-state index in [2.05, 4.69) is 169 Å². The third kappa shape index (κ3) is 9.17. The van der Waals surface area contributed by atoms with Crippen LogP contribution in [0.15, 0.2) is 121 Å². The van der Waals surface area contributed by atoms with Crippen LogP contribution in [0.2, 0.25) is 0 Å². The first-order valence-corrected chi connectivity index (χ1v) is 18.9. The number of benzene rings is 5. The highest BCUT2D eigenvalue weighted by Crippen LogP contribution is 2.37. The standard InChI is InChI=1S/C13H14.C11H13N.C11H14O2.C11H12S/c1-10(2)12-8-7-11-5-3-4-6-13(11)9-12;1-8(2)10-7-12-11-6-4-3-5-9(10)11;1-8(2)9-4-3-5-10-11(9)13-7-6-12-10;1-8(2)10-7-12-11-6-4-3-5-9(10)11/h3-10H,1-2H3;3-8,12H,1-2H3;3-5,8H,6-7H2,1-2H3;3-8H,1-2H3. The lowest BCUT2D eigenvalue weighted by Gasteiger charge is -2.22. The van der Waals surface area contributed by atoms with Crippen LogP contribution < -0.4 is 9.47 Å². The number of ether oxygens (including phenoxy) is 2. The number of fused-ring (bicyclic) bond motifs is 4. The summed E-state index contributed by atoms with van der Waals surface area (Å²) < 4.78 is 12.5. The highest BCUT2D eigenvalue weighted by molar-refractivity contribution is 7.17. The smallest absolute Gasteiger partial charge is 0.164 e. The van der Waals surface area contributed by atoms with Crippen molar-refractivity contribution < 1.29 is 9.47 Å². The molecule has 1 N–H and O–H groups in total. The van der Waals surface area contributed by atoms with Gasteiger partial charge in [-0.25, -0.2) is 0 Å². The average Bonchev–Trinajstić information content (AvgIpc) is 3.77. The van der Waals surface area contributed by atoms with Gasteiger partial charge in [-0.1, -0.05) is 146 Å². The number of aromatic amines is 1. The van der Waals surface area contributed by atoms with Gasteiger partial charge in [0.2, 0.25) is 0 Å². The van der Waals surface area contributed by atoms with Crippen molar-refractivity contribution in [2.45, 2.75) is 79.1 Å². The third-order valence-electron chi connectivity index (χ3n) is 9.04. The van der Waals surface area contributed by atoms with Gasteiger partial charge in [-0.2, -0.15) is 0 Å². The zero-order valence-corrected chi connectivity index (χ0v) is 31.8. The molecule has 1 aliphatic heterocycles. The molecule has 0 unspecified atom stereocenters. The van der Waals surface area contributed by atoms with Gasteiger partial charge >= 0.3 is 0 Å². The Balaban J connectivity index is 0.000000130. The van der Waals surface area contributed by atoms with Crippen molar-refractivity contribution in [3.8, 4) is 11.5 Å². The Kier molecular flexibility index (Phi) is 12.8. The summed E-state index contributed by atoms with van der Waals surface area (Å²) in [6, 6.07) is 38.3. The quantitative estimate of drug-likeness (QED) is 0.200. The van der Waals surface area contributed by atoms with Gasteiger partial charge in [0.25, 0.3) is 0 Å². The summed E-state index contributed by atoms with van der Waals surface area (Å²) in [5.74, 6) is 4.16. The molecular weight excluding hydrogens is 631 g/mol. The second kappa shape index (κ2) is 17.4. The molecule has 0 saturated carbocycles. The molecule has 8 rings (SSSR count). The second-order valence-electron chi connectivity index (χ2n) is 14.1. The molecular formula is C46H53NO2S. The van der Waals surface area contributed by atoms with Crippen LogP contribution in [0.1, 0.15) is 101 Å². The summed E-state index contributed by atoms with van der Waals surface area (Å²) in [7, 11) is 0. The monoisotopic (exact) mass is 683 g/mol. The van der Waals surface area contributed by atoms with Gasteiger partial charge in [-0.15, -0.1) is 11.3 Å². The van der Waals surface area contributed by atoms with Crippen LogP contribution in [0.3, 0.4) is 0 Å². The maximum Gasteiger partial charge on any atom is 0.164 e. The van der Waals surface area contributed by atoms with E-state index in [1.54, 1.807) is 0 Å². The Morgan fingerprint density at radius 1 is 0.540 bits per heavy atom. The molecule has 0 fully saturated rings. The first kappa shape index (κ1) is 36.7. The normalized spacial score (nSPS) is 12.1. The number of hydrogen-bond acceptors (Lipinski definition) is 3. The molecule has 2 aromatic heterocycles. The fraction of sp³-hybridized carbons (Fsp3) is 0.304. The topological polar surface area (TPSA) is 34.2 Å². The number of thiophene rings is 1. The van der Waals surface area contributed by atoms with E-state index in [0.29, 0.717) is 36.9 Å². The summed E-state index contributed by atoms with van der Waals surface area (Å²) >= 11 is 1.84. The predicted molar refractivity (Wildman–Crippen MR) is 218 cm³/mol. The molecule has 260 valence electrons. The number of aromatic nitrogens is 1. The fourth-order valence-corrected chi connectivity index (χ4v) is 7.26. The Labute approximate surface area is 303 Å². The van der Waals surface area contributed by atoms with E-state index in [1.165, 1.54) is 54.0 Å². The molecule has 0 saturated heterocycles. The largest absolute Gasteiger partial charge is 0.486 e. The lowest BCUT2D eigenvalue weighted by molar-refractivity contribution is 0.169. The maximum atomic E-state index is 5.59. The maximum absolute atomic E-state index is 5.59. The Bertz CT molecular complexity index is 2020. The van der Waals surface area contributed by atoms with E-state index in [0.717, 1.165) is 11.5 Å². The summed E-state index contributed by atoms with van der Waals surface area (Å²) in [6.45, 7) is 19.0. The minimum absolute atomic E-state index is 0.483.